The molecule has 22 heavy (non-hydrogen) atoms. The summed E-state index contributed by atoms with van der Waals surface area (Å²) in [6, 6.07) is 14.1. The number of carboxylic acids is 1. The third-order valence-electron chi connectivity index (χ3n) is 3.69. The van der Waals surface area contributed by atoms with Crippen LogP contribution in [-0.4, -0.2) is 34.5 Å². The predicted octanol–water partition coefficient (Wildman–Crippen LogP) is 3.09. The van der Waals surface area contributed by atoms with E-state index in [2.05, 4.69) is 12.1 Å². The van der Waals surface area contributed by atoms with Crippen molar-refractivity contribution < 1.29 is 14.7 Å². The first-order valence-corrected chi connectivity index (χ1v) is 7.46. The number of hydrogen-bond acceptors (Lipinski definition) is 2. The van der Waals surface area contributed by atoms with Gasteiger partial charge in [-0.25, -0.2) is 0 Å². The van der Waals surface area contributed by atoms with E-state index < -0.39 is 5.97 Å². The lowest BCUT2D eigenvalue weighted by atomic mass is 10.0. The van der Waals surface area contributed by atoms with Gasteiger partial charge >= 0.3 is 5.97 Å². The number of hydrogen-bond donors (Lipinski definition) is 1. The van der Waals surface area contributed by atoms with Crippen molar-refractivity contribution in [3.63, 3.8) is 0 Å². The van der Waals surface area contributed by atoms with Crippen LogP contribution < -0.4 is 0 Å². The second-order valence-corrected chi connectivity index (χ2v) is 5.69. The van der Waals surface area contributed by atoms with Gasteiger partial charge in [-0.3, -0.25) is 9.59 Å². The van der Waals surface area contributed by atoms with Crippen LogP contribution in [-0.2, 0) is 16.0 Å². The maximum Gasteiger partial charge on any atom is 0.323 e. The zero-order valence-electron chi connectivity index (χ0n) is 13.0. The summed E-state index contributed by atoms with van der Waals surface area (Å²) >= 11 is 0. The average molecular weight is 299 g/mol. The first kappa shape index (κ1) is 16.0. The summed E-state index contributed by atoms with van der Waals surface area (Å²) in [5.74, 6) is -1.10. The van der Waals surface area contributed by atoms with E-state index in [1.807, 2.05) is 44.2 Å². The summed E-state index contributed by atoms with van der Waals surface area (Å²) in [6.07, 6.45) is 0.941. The minimum atomic E-state index is -0.979. The molecule has 116 valence electrons. The molecule has 0 aliphatic heterocycles. The molecule has 1 amide bonds. The van der Waals surface area contributed by atoms with Crippen molar-refractivity contribution in [2.24, 2.45) is 0 Å². The van der Waals surface area contributed by atoms with Gasteiger partial charge < -0.3 is 10.0 Å². The van der Waals surface area contributed by atoms with Gasteiger partial charge in [0.05, 0.1) is 0 Å². The molecule has 0 aliphatic rings. The fourth-order valence-electron chi connectivity index (χ4n) is 2.49. The molecular weight excluding hydrogens is 278 g/mol. The van der Waals surface area contributed by atoms with E-state index in [9.17, 15) is 9.59 Å². The second-order valence-electron chi connectivity index (χ2n) is 5.69. The molecule has 0 heterocycles. The second kappa shape index (κ2) is 7.07. The highest BCUT2D eigenvalue weighted by Crippen LogP contribution is 2.17. The van der Waals surface area contributed by atoms with Gasteiger partial charge in [0, 0.05) is 12.5 Å². The number of amides is 1. The Morgan fingerprint density at radius 2 is 1.77 bits per heavy atom. The van der Waals surface area contributed by atoms with Gasteiger partial charge in [-0.05, 0) is 36.6 Å². The molecule has 0 fully saturated rings. The lowest BCUT2D eigenvalue weighted by Crippen LogP contribution is -2.40. The highest BCUT2D eigenvalue weighted by molar-refractivity contribution is 5.84. The molecule has 4 nitrogen and oxygen atoms in total. The Bertz CT molecular complexity index is 679. The molecule has 2 rings (SSSR count). The Kier molecular flexibility index (Phi) is 5.15. The van der Waals surface area contributed by atoms with Gasteiger partial charge in [-0.1, -0.05) is 42.5 Å². The number of fused-ring (bicyclic) bond motifs is 1. The van der Waals surface area contributed by atoms with E-state index >= 15 is 0 Å². The third-order valence-corrected chi connectivity index (χ3v) is 3.69. The van der Waals surface area contributed by atoms with Crippen LogP contribution in [0.2, 0.25) is 0 Å². The van der Waals surface area contributed by atoms with Gasteiger partial charge in [0.2, 0.25) is 5.91 Å². The number of carbonyl (C=O) groups is 2. The standard InChI is InChI=1S/C18H21NO3/c1-13(2)19(12-18(21)22)17(20)10-8-14-7-9-15-5-3-4-6-16(15)11-14/h3-7,9,11,13H,8,10,12H2,1-2H3,(H,21,22). The minimum absolute atomic E-state index is 0.111. The van der Waals surface area contributed by atoms with E-state index in [1.54, 1.807) is 0 Å². The van der Waals surface area contributed by atoms with Crippen LogP contribution in [0.25, 0.3) is 10.8 Å². The number of benzene rings is 2. The van der Waals surface area contributed by atoms with Crippen molar-refractivity contribution in [3.05, 3.63) is 48.0 Å². The van der Waals surface area contributed by atoms with Gasteiger partial charge in [0.15, 0.2) is 0 Å². The molecule has 2 aromatic rings. The minimum Gasteiger partial charge on any atom is -0.480 e. The van der Waals surface area contributed by atoms with E-state index in [1.165, 1.54) is 10.3 Å². The molecule has 0 atom stereocenters. The number of nitrogens with zero attached hydrogens (tertiary/aromatic N) is 1. The lowest BCUT2D eigenvalue weighted by Gasteiger charge is -2.24. The van der Waals surface area contributed by atoms with Crippen molar-refractivity contribution in [2.75, 3.05) is 6.54 Å². The van der Waals surface area contributed by atoms with E-state index in [0.29, 0.717) is 12.8 Å². The molecule has 0 aliphatic carbocycles. The van der Waals surface area contributed by atoms with Gasteiger partial charge in [-0.2, -0.15) is 0 Å². The van der Waals surface area contributed by atoms with Crippen molar-refractivity contribution >= 4 is 22.6 Å². The van der Waals surface area contributed by atoms with Crippen LogP contribution in [0.5, 0.6) is 0 Å². The highest BCUT2D eigenvalue weighted by Gasteiger charge is 2.19. The zero-order valence-corrected chi connectivity index (χ0v) is 13.0. The van der Waals surface area contributed by atoms with Crippen LogP contribution >= 0.6 is 0 Å². The van der Waals surface area contributed by atoms with Crippen LogP contribution in [0.15, 0.2) is 42.5 Å². The van der Waals surface area contributed by atoms with Gasteiger partial charge in [0.1, 0.15) is 6.54 Å². The molecule has 2 aromatic carbocycles. The fraction of sp³-hybridized carbons (Fsp3) is 0.333. The Morgan fingerprint density at radius 3 is 2.41 bits per heavy atom. The van der Waals surface area contributed by atoms with Crippen LogP contribution in [0.3, 0.4) is 0 Å². The van der Waals surface area contributed by atoms with E-state index in [4.69, 9.17) is 5.11 Å². The van der Waals surface area contributed by atoms with Crippen molar-refractivity contribution in [3.8, 4) is 0 Å². The molecule has 0 unspecified atom stereocenters. The highest BCUT2D eigenvalue weighted by atomic mass is 16.4. The number of aryl methyl sites for hydroxylation is 1. The Morgan fingerprint density at radius 1 is 1.09 bits per heavy atom. The molecule has 0 aromatic heterocycles. The Balaban J connectivity index is 2.03. The number of carbonyl (C=O) groups excluding carboxylic acids is 1. The molecule has 0 spiro atoms. The molecule has 0 saturated heterocycles. The first-order chi connectivity index (χ1) is 10.5. The maximum atomic E-state index is 12.2. The first-order valence-electron chi connectivity index (χ1n) is 7.46. The molecule has 4 heteroatoms. The van der Waals surface area contributed by atoms with E-state index in [0.717, 1.165) is 10.9 Å². The number of rotatable bonds is 6. The van der Waals surface area contributed by atoms with Crippen molar-refractivity contribution in [1.29, 1.82) is 0 Å². The molecule has 0 radical (unpaired) electrons. The Labute approximate surface area is 130 Å². The van der Waals surface area contributed by atoms with Crippen LogP contribution in [0.4, 0.5) is 0 Å². The van der Waals surface area contributed by atoms with Crippen LogP contribution in [0, 0.1) is 0 Å². The average Bonchev–Trinajstić information content (AvgIpc) is 2.49. The summed E-state index contributed by atoms with van der Waals surface area (Å²) in [7, 11) is 0. The largest absolute Gasteiger partial charge is 0.480 e. The summed E-state index contributed by atoms with van der Waals surface area (Å²) < 4.78 is 0. The van der Waals surface area contributed by atoms with E-state index in [-0.39, 0.29) is 18.5 Å². The quantitative estimate of drug-likeness (QED) is 0.891. The summed E-state index contributed by atoms with van der Waals surface area (Å²) in [5.41, 5.74) is 1.09. The zero-order chi connectivity index (χ0) is 16.1. The molecule has 0 saturated carbocycles. The van der Waals surface area contributed by atoms with Gasteiger partial charge in [0.25, 0.3) is 0 Å². The topological polar surface area (TPSA) is 57.6 Å². The summed E-state index contributed by atoms with van der Waals surface area (Å²) in [4.78, 5) is 24.5. The summed E-state index contributed by atoms with van der Waals surface area (Å²) in [5, 5.41) is 11.2. The SMILES string of the molecule is CC(C)N(CC(=O)O)C(=O)CCc1ccc2ccccc2c1. The monoisotopic (exact) mass is 299 g/mol. The molecular formula is C18H21NO3. The lowest BCUT2D eigenvalue weighted by molar-refractivity contribution is -0.145. The fourth-order valence-corrected chi connectivity index (χ4v) is 2.49. The Hall–Kier alpha value is -2.36. The van der Waals surface area contributed by atoms with Crippen molar-refractivity contribution in [2.45, 2.75) is 32.7 Å². The van der Waals surface area contributed by atoms with Gasteiger partial charge in [-0.15, -0.1) is 0 Å². The number of carboxylic acid groups (broad SMARTS) is 1. The normalized spacial score (nSPS) is 10.9. The smallest absolute Gasteiger partial charge is 0.323 e. The molecule has 1 N–H and O–H groups in total. The summed E-state index contributed by atoms with van der Waals surface area (Å²) in [6.45, 7) is 3.42. The predicted molar refractivity (Wildman–Crippen MR) is 86.8 cm³/mol. The molecule has 0 bridgehead atoms. The van der Waals surface area contributed by atoms with Crippen molar-refractivity contribution in [1.82, 2.24) is 4.90 Å². The number of aliphatic carboxylic acids is 1. The third kappa shape index (κ3) is 4.07. The van der Waals surface area contributed by atoms with Crippen LogP contribution in [0.1, 0.15) is 25.8 Å². The maximum absolute atomic E-state index is 12.2.